The minimum Gasteiger partial charge on any atom is -0.497 e. The fourth-order valence-corrected chi connectivity index (χ4v) is 3.06. The normalized spacial score (nSPS) is 16.6. The Labute approximate surface area is 124 Å². The van der Waals surface area contributed by atoms with Gasteiger partial charge in [-0.25, -0.2) is 0 Å². The van der Waals surface area contributed by atoms with Crippen LogP contribution in [0.5, 0.6) is 5.75 Å². The van der Waals surface area contributed by atoms with E-state index in [-0.39, 0.29) is 5.92 Å². The van der Waals surface area contributed by atoms with Gasteiger partial charge in [-0.15, -0.1) is 0 Å². The summed E-state index contributed by atoms with van der Waals surface area (Å²) in [4.78, 5) is 15.9. The number of benzene rings is 1. The zero-order valence-electron chi connectivity index (χ0n) is 12.2. The third-order valence-electron chi connectivity index (χ3n) is 4.16. The summed E-state index contributed by atoms with van der Waals surface area (Å²) in [5, 5.41) is 0. The SMILES string of the molecule is COc1ccc2c(c1)CC[C@H]2c1ccc(C(N)=O)c(C)n1. The molecule has 0 bridgehead atoms. The molecule has 1 aliphatic carbocycles. The first-order chi connectivity index (χ1) is 10.1. The van der Waals surface area contributed by atoms with Gasteiger partial charge in [0.05, 0.1) is 18.4 Å². The Morgan fingerprint density at radius 2 is 2.14 bits per heavy atom. The van der Waals surface area contributed by atoms with Crippen LogP contribution in [-0.2, 0) is 6.42 Å². The summed E-state index contributed by atoms with van der Waals surface area (Å²) in [5.41, 5.74) is 10.1. The Bertz CT molecular complexity index is 710. The van der Waals surface area contributed by atoms with Crippen LogP contribution in [0.4, 0.5) is 0 Å². The molecule has 0 saturated heterocycles. The molecule has 1 atom stereocenters. The van der Waals surface area contributed by atoms with Gasteiger partial charge in [0, 0.05) is 11.6 Å². The minimum absolute atomic E-state index is 0.284. The van der Waals surface area contributed by atoms with E-state index < -0.39 is 5.91 Å². The molecule has 4 nitrogen and oxygen atoms in total. The van der Waals surface area contributed by atoms with Crippen LogP contribution in [0, 0.1) is 6.92 Å². The van der Waals surface area contributed by atoms with E-state index in [1.54, 1.807) is 13.2 Å². The van der Waals surface area contributed by atoms with Crippen molar-refractivity contribution in [1.29, 1.82) is 0 Å². The number of hydrogen-bond donors (Lipinski definition) is 1. The van der Waals surface area contributed by atoms with E-state index in [0.29, 0.717) is 11.3 Å². The molecule has 0 fully saturated rings. The number of carbonyl (C=O) groups is 1. The van der Waals surface area contributed by atoms with Crippen molar-refractivity contribution in [1.82, 2.24) is 4.98 Å². The summed E-state index contributed by atoms with van der Waals surface area (Å²) in [6, 6.07) is 9.89. The van der Waals surface area contributed by atoms with Crippen molar-refractivity contribution < 1.29 is 9.53 Å². The average Bonchev–Trinajstić information content (AvgIpc) is 2.89. The van der Waals surface area contributed by atoms with Gasteiger partial charge in [-0.3, -0.25) is 9.78 Å². The molecule has 4 heteroatoms. The van der Waals surface area contributed by atoms with Gasteiger partial charge in [-0.2, -0.15) is 0 Å². The Kier molecular flexibility index (Phi) is 3.37. The molecule has 2 N–H and O–H groups in total. The fourth-order valence-electron chi connectivity index (χ4n) is 3.06. The Morgan fingerprint density at radius 3 is 2.81 bits per heavy atom. The minimum atomic E-state index is -0.428. The predicted octanol–water partition coefficient (Wildman–Crippen LogP) is 2.58. The second kappa shape index (κ2) is 5.20. The van der Waals surface area contributed by atoms with Crippen molar-refractivity contribution in [3.8, 4) is 5.75 Å². The van der Waals surface area contributed by atoms with E-state index in [2.05, 4.69) is 17.1 Å². The molecule has 1 amide bonds. The van der Waals surface area contributed by atoms with Crippen LogP contribution in [0.25, 0.3) is 0 Å². The molecule has 2 aromatic rings. The molecule has 1 aromatic carbocycles. The summed E-state index contributed by atoms with van der Waals surface area (Å²) in [6.45, 7) is 1.83. The highest BCUT2D eigenvalue weighted by Crippen LogP contribution is 2.39. The number of aryl methyl sites for hydroxylation is 2. The second-order valence-electron chi connectivity index (χ2n) is 5.39. The van der Waals surface area contributed by atoms with Gasteiger partial charge in [-0.1, -0.05) is 6.07 Å². The number of primary amides is 1. The van der Waals surface area contributed by atoms with E-state index in [1.165, 1.54) is 11.1 Å². The molecule has 0 aliphatic heterocycles. The van der Waals surface area contributed by atoms with Gasteiger partial charge < -0.3 is 10.5 Å². The average molecular weight is 282 g/mol. The van der Waals surface area contributed by atoms with Gasteiger partial charge in [0.15, 0.2) is 0 Å². The Balaban J connectivity index is 1.97. The van der Waals surface area contributed by atoms with E-state index in [0.717, 1.165) is 24.3 Å². The molecule has 0 radical (unpaired) electrons. The largest absolute Gasteiger partial charge is 0.497 e. The second-order valence-corrected chi connectivity index (χ2v) is 5.39. The van der Waals surface area contributed by atoms with Crippen molar-refractivity contribution in [3.05, 3.63) is 58.4 Å². The number of nitrogens with two attached hydrogens (primary N) is 1. The lowest BCUT2D eigenvalue weighted by molar-refractivity contribution is 0.0999. The van der Waals surface area contributed by atoms with Crippen LogP contribution in [0.1, 0.15) is 45.2 Å². The van der Waals surface area contributed by atoms with E-state index >= 15 is 0 Å². The number of nitrogens with zero attached hydrogens (tertiary/aromatic N) is 1. The first-order valence-electron chi connectivity index (χ1n) is 7.04. The number of hydrogen-bond acceptors (Lipinski definition) is 3. The van der Waals surface area contributed by atoms with Gasteiger partial charge in [0.25, 0.3) is 5.91 Å². The van der Waals surface area contributed by atoms with Crippen molar-refractivity contribution >= 4 is 5.91 Å². The predicted molar refractivity (Wildman–Crippen MR) is 80.6 cm³/mol. The maximum absolute atomic E-state index is 11.3. The number of carbonyl (C=O) groups excluding carboxylic acids is 1. The van der Waals surface area contributed by atoms with Crippen LogP contribution in [0.15, 0.2) is 30.3 Å². The van der Waals surface area contributed by atoms with Crippen LogP contribution < -0.4 is 10.5 Å². The van der Waals surface area contributed by atoms with Crippen LogP contribution >= 0.6 is 0 Å². The summed E-state index contributed by atoms with van der Waals surface area (Å²) in [5.74, 6) is 0.747. The summed E-state index contributed by atoms with van der Waals surface area (Å²) in [6.07, 6.45) is 2.06. The molecule has 3 rings (SSSR count). The van der Waals surface area contributed by atoms with E-state index in [9.17, 15) is 4.79 Å². The van der Waals surface area contributed by atoms with Gasteiger partial charge in [0.1, 0.15) is 5.75 Å². The highest BCUT2D eigenvalue weighted by molar-refractivity contribution is 5.93. The van der Waals surface area contributed by atoms with Gasteiger partial charge in [0.2, 0.25) is 0 Å². The number of fused-ring (bicyclic) bond motifs is 1. The van der Waals surface area contributed by atoms with E-state index in [1.807, 2.05) is 19.1 Å². The highest BCUT2D eigenvalue weighted by atomic mass is 16.5. The maximum Gasteiger partial charge on any atom is 0.250 e. The van der Waals surface area contributed by atoms with Gasteiger partial charge in [-0.05, 0) is 55.2 Å². The molecular weight excluding hydrogens is 264 g/mol. The summed E-state index contributed by atoms with van der Waals surface area (Å²) < 4.78 is 5.27. The Morgan fingerprint density at radius 1 is 1.33 bits per heavy atom. The third-order valence-corrected chi connectivity index (χ3v) is 4.16. The number of methoxy groups -OCH3 is 1. The molecular formula is C17H18N2O2. The first kappa shape index (κ1) is 13.6. The number of rotatable bonds is 3. The molecule has 108 valence electrons. The summed E-state index contributed by atoms with van der Waals surface area (Å²) >= 11 is 0. The fraction of sp³-hybridized carbons (Fsp3) is 0.294. The number of ether oxygens (including phenoxy) is 1. The number of amides is 1. The quantitative estimate of drug-likeness (QED) is 0.941. The number of aromatic nitrogens is 1. The smallest absolute Gasteiger partial charge is 0.250 e. The monoisotopic (exact) mass is 282 g/mol. The lowest BCUT2D eigenvalue weighted by Gasteiger charge is -2.13. The highest BCUT2D eigenvalue weighted by Gasteiger charge is 2.26. The van der Waals surface area contributed by atoms with E-state index in [4.69, 9.17) is 10.5 Å². The number of pyridine rings is 1. The standard InChI is InChI=1S/C17H18N2O2/c1-10-13(17(18)20)7-8-16(19-10)15-5-3-11-9-12(21-2)4-6-14(11)15/h4,6-9,15H,3,5H2,1-2H3,(H2,18,20)/t15-/m1/s1. The lowest BCUT2D eigenvalue weighted by atomic mass is 9.96. The molecule has 0 spiro atoms. The van der Waals surface area contributed by atoms with Crippen molar-refractivity contribution in [3.63, 3.8) is 0 Å². The summed E-state index contributed by atoms with van der Waals surface area (Å²) in [7, 11) is 1.68. The van der Waals surface area contributed by atoms with Crippen LogP contribution in [-0.4, -0.2) is 18.0 Å². The molecule has 1 aliphatic rings. The lowest BCUT2D eigenvalue weighted by Crippen LogP contribution is -2.14. The molecule has 1 heterocycles. The Hall–Kier alpha value is -2.36. The topological polar surface area (TPSA) is 65.2 Å². The third kappa shape index (κ3) is 2.37. The van der Waals surface area contributed by atoms with Crippen LogP contribution in [0.2, 0.25) is 0 Å². The van der Waals surface area contributed by atoms with Gasteiger partial charge >= 0.3 is 0 Å². The molecule has 1 aromatic heterocycles. The molecule has 0 saturated carbocycles. The van der Waals surface area contributed by atoms with Crippen LogP contribution in [0.3, 0.4) is 0 Å². The zero-order valence-corrected chi connectivity index (χ0v) is 12.2. The first-order valence-corrected chi connectivity index (χ1v) is 7.04. The van der Waals surface area contributed by atoms with Crippen molar-refractivity contribution in [2.75, 3.05) is 7.11 Å². The molecule has 21 heavy (non-hydrogen) atoms. The van der Waals surface area contributed by atoms with Crippen molar-refractivity contribution in [2.24, 2.45) is 5.73 Å². The maximum atomic E-state index is 11.3. The zero-order chi connectivity index (χ0) is 15.0. The molecule has 0 unspecified atom stereocenters. The van der Waals surface area contributed by atoms with Crippen molar-refractivity contribution in [2.45, 2.75) is 25.7 Å².